The fourth-order valence-electron chi connectivity index (χ4n) is 0.272. The summed E-state index contributed by atoms with van der Waals surface area (Å²) in [5.74, 6) is 4.72. The highest BCUT2D eigenvalue weighted by molar-refractivity contribution is 6.07. The Morgan fingerprint density at radius 3 is 2.67 bits per heavy atom. The molecule has 1 aliphatic rings. The summed E-state index contributed by atoms with van der Waals surface area (Å²) in [6.45, 7) is 0. The van der Waals surface area contributed by atoms with Crippen LogP contribution in [0.25, 0.3) is 0 Å². The highest BCUT2D eigenvalue weighted by Gasteiger charge is 1.87. The molecule has 0 aliphatic heterocycles. The summed E-state index contributed by atoms with van der Waals surface area (Å²) in [5.41, 5.74) is 0. The summed E-state index contributed by atoms with van der Waals surface area (Å²) in [5, 5.41) is 0. The summed E-state index contributed by atoms with van der Waals surface area (Å²) in [6, 6.07) is 0. The van der Waals surface area contributed by atoms with Crippen molar-refractivity contribution in [1.82, 2.24) is 0 Å². The quantitative estimate of drug-likeness (QED) is 0.297. The van der Waals surface area contributed by atoms with Gasteiger partial charge in [0.1, 0.15) is 0 Å². The third-order valence-electron chi connectivity index (χ3n) is 0.513. The van der Waals surface area contributed by atoms with E-state index in [1.807, 2.05) is 0 Å². The SMILES string of the molecule is O=C1C#CC=C1. The Morgan fingerprint density at radius 1 is 1.67 bits per heavy atom. The van der Waals surface area contributed by atoms with Crippen molar-refractivity contribution < 1.29 is 4.79 Å². The van der Waals surface area contributed by atoms with Crippen LogP contribution < -0.4 is 0 Å². The largest absolute Gasteiger partial charge is 0.280 e. The molecule has 28 valence electrons. The fraction of sp³-hybridized carbons (Fsp3) is 0. The van der Waals surface area contributed by atoms with Crippen LogP contribution in [0.2, 0.25) is 0 Å². The van der Waals surface area contributed by atoms with Crippen molar-refractivity contribution in [2.45, 2.75) is 0 Å². The van der Waals surface area contributed by atoms with Crippen LogP contribution in [-0.2, 0) is 4.79 Å². The second kappa shape index (κ2) is 0.983. The van der Waals surface area contributed by atoms with Gasteiger partial charge in [0, 0.05) is 6.08 Å². The van der Waals surface area contributed by atoms with Gasteiger partial charge in [-0.05, 0) is 12.0 Å². The molecule has 0 unspecified atom stereocenters. The first kappa shape index (κ1) is 3.17. The average Bonchev–Trinajstić information content (AvgIpc) is 1.86. The molecule has 1 heteroatoms. The van der Waals surface area contributed by atoms with Crippen LogP contribution >= 0.6 is 0 Å². The molecule has 0 aromatic rings. The first-order valence-electron chi connectivity index (χ1n) is 1.61. The zero-order valence-electron chi connectivity index (χ0n) is 3.06. The first-order valence-corrected chi connectivity index (χ1v) is 1.61. The molecular formula is C5H2O. The molecule has 0 bridgehead atoms. The lowest BCUT2D eigenvalue weighted by atomic mass is 10.5. The van der Waals surface area contributed by atoms with E-state index in [0.717, 1.165) is 0 Å². The van der Waals surface area contributed by atoms with Crippen LogP contribution in [0.4, 0.5) is 0 Å². The summed E-state index contributed by atoms with van der Waals surface area (Å²) < 4.78 is 0. The second-order valence-electron chi connectivity index (χ2n) is 0.967. The van der Waals surface area contributed by atoms with Gasteiger partial charge in [-0.3, -0.25) is 4.79 Å². The molecule has 6 heavy (non-hydrogen) atoms. The maximum atomic E-state index is 9.98. The summed E-state index contributed by atoms with van der Waals surface area (Å²) in [7, 11) is 0. The number of rotatable bonds is 0. The third kappa shape index (κ3) is 0.323. The van der Waals surface area contributed by atoms with E-state index >= 15 is 0 Å². The molecule has 0 aromatic heterocycles. The monoisotopic (exact) mass is 78.0 g/mol. The van der Waals surface area contributed by atoms with Crippen molar-refractivity contribution in [3.63, 3.8) is 0 Å². The lowest BCUT2D eigenvalue weighted by Crippen LogP contribution is -1.77. The Morgan fingerprint density at radius 2 is 2.50 bits per heavy atom. The normalized spacial score (nSPS) is 14.3. The molecule has 1 rings (SSSR count). The molecule has 0 aromatic carbocycles. The number of hydrogen-bond donors (Lipinski definition) is 0. The number of ketones is 1. The summed E-state index contributed by atoms with van der Waals surface area (Å²) in [4.78, 5) is 9.98. The van der Waals surface area contributed by atoms with Gasteiger partial charge >= 0.3 is 0 Å². The number of allylic oxidation sites excluding steroid dienone is 2. The first-order chi connectivity index (χ1) is 2.89. The molecule has 0 saturated carbocycles. The fourth-order valence-corrected chi connectivity index (χ4v) is 0.272. The van der Waals surface area contributed by atoms with Gasteiger partial charge in [-0.25, -0.2) is 0 Å². The van der Waals surface area contributed by atoms with E-state index in [0.29, 0.717) is 0 Å². The van der Waals surface area contributed by atoms with Gasteiger partial charge < -0.3 is 0 Å². The maximum Gasteiger partial charge on any atom is 0.229 e. The smallest absolute Gasteiger partial charge is 0.229 e. The topological polar surface area (TPSA) is 17.1 Å². The van der Waals surface area contributed by atoms with Gasteiger partial charge in [-0.15, -0.1) is 0 Å². The molecule has 1 nitrogen and oxygen atoms in total. The highest BCUT2D eigenvalue weighted by Crippen LogP contribution is 1.79. The Balaban J connectivity index is 2.99. The van der Waals surface area contributed by atoms with Crippen molar-refractivity contribution in [3.8, 4) is 11.8 Å². The minimum absolute atomic E-state index is 0.0880. The van der Waals surface area contributed by atoms with Gasteiger partial charge in [0.15, 0.2) is 0 Å². The van der Waals surface area contributed by atoms with Crippen molar-refractivity contribution >= 4 is 5.78 Å². The van der Waals surface area contributed by atoms with Crippen LogP contribution in [0, 0.1) is 11.8 Å². The van der Waals surface area contributed by atoms with E-state index in [1.54, 1.807) is 6.08 Å². The average molecular weight is 78.1 g/mol. The molecule has 0 fully saturated rings. The molecule has 0 radical (unpaired) electrons. The van der Waals surface area contributed by atoms with Gasteiger partial charge in [0.25, 0.3) is 0 Å². The third-order valence-corrected chi connectivity index (χ3v) is 0.513. The van der Waals surface area contributed by atoms with Crippen molar-refractivity contribution in [2.24, 2.45) is 0 Å². The Kier molecular flexibility index (Phi) is 0.519. The number of carbonyl (C=O) groups is 1. The molecule has 0 heterocycles. The van der Waals surface area contributed by atoms with Gasteiger partial charge in [0.2, 0.25) is 5.78 Å². The van der Waals surface area contributed by atoms with Gasteiger partial charge in [-0.1, -0.05) is 5.92 Å². The van der Waals surface area contributed by atoms with Crippen LogP contribution in [0.5, 0.6) is 0 Å². The molecule has 0 atom stereocenters. The minimum atomic E-state index is -0.0880. The van der Waals surface area contributed by atoms with Crippen LogP contribution in [0.3, 0.4) is 0 Å². The zero-order valence-corrected chi connectivity index (χ0v) is 3.06. The van der Waals surface area contributed by atoms with E-state index in [4.69, 9.17) is 0 Å². The van der Waals surface area contributed by atoms with Crippen LogP contribution in [0.1, 0.15) is 0 Å². The van der Waals surface area contributed by atoms with Gasteiger partial charge in [-0.2, -0.15) is 0 Å². The lowest BCUT2D eigenvalue weighted by molar-refractivity contribution is -0.109. The van der Waals surface area contributed by atoms with Crippen LogP contribution in [-0.4, -0.2) is 5.78 Å². The molecule has 0 saturated heterocycles. The molecule has 0 amide bonds. The Labute approximate surface area is 35.7 Å². The Hall–Kier alpha value is -1.03. The van der Waals surface area contributed by atoms with Crippen molar-refractivity contribution in [1.29, 1.82) is 0 Å². The molecule has 1 aliphatic carbocycles. The van der Waals surface area contributed by atoms with E-state index < -0.39 is 0 Å². The van der Waals surface area contributed by atoms with Crippen molar-refractivity contribution in [3.05, 3.63) is 12.2 Å². The highest BCUT2D eigenvalue weighted by atomic mass is 16.1. The van der Waals surface area contributed by atoms with E-state index in [1.165, 1.54) is 6.08 Å². The predicted octanol–water partition coefficient (Wildman–Crippen LogP) is 0.129. The van der Waals surface area contributed by atoms with Crippen LogP contribution in [0.15, 0.2) is 12.2 Å². The molecular weight excluding hydrogens is 76.1 g/mol. The predicted molar refractivity (Wildman–Crippen MR) is 21.9 cm³/mol. The van der Waals surface area contributed by atoms with E-state index in [9.17, 15) is 4.79 Å². The Bertz CT molecular complexity index is 155. The number of hydrogen-bond acceptors (Lipinski definition) is 1. The molecule has 0 N–H and O–H groups in total. The second-order valence-corrected chi connectivity index (χ2v) is 0.967. The maximum absolute atomic E-state index is 9.98. The summed E-state index contributed by atoms with van der Waals surface area (Å²) in [6.07, 6.45) is 2.96. The number of carbonyl (C=O) groups excluding carboxylic acids is 1. The van der Waals surface area contributed by atoms with E-state index in [2.05, 4.69) is 11.8 Å². The standard InChI is InChI=1S/C5H2O/c6-5-3-1-2-4-5/h1,3H. The van der Waals surface area contributed by atoms with Gasteiger partial charge in [0.05, 0.1) is 0 Å². The minimum Gasteiger partial charge on any atom is -0.280 e. The lowest BCUT2D eigenvalue weighted by Gasteiger charge is -1.58. The van der Waals surface area contributed by atoms with Crippen molar-refractivity contribution in [2.75, 3.05) is 0 Å². The zero-order chi connectivity index (χ0) is 4.41. The van der Waals surface area contributed by atoms with E-state index in [-0.39, 0.29) is 5.78 Å². The molecule has 0 spiro atoms. The summed E-state index contributed by atoms with van der Waals surface area (Å²) >= 11 is 0.